The molecule has 0 radical (unpaired) electrons. The van der Waals surface area contributed by atoms with Crippen molar-refractivity contribution < 1.29 is 85.8 Å². The van der Waals surface area contributed by atoms with Gasteiger partial charge in [0, 0.05) is 66.3 Å². The Morgan fingerprint density at radius 3 is 1.83 bits per heavy atom. The van der Waals surface area contributed by atoms with Gasteiger partial charge in [0.15, 0.2) is 11.9 Å². The Bertz CT molecular complexity index is 3270. The van der Waals surface area contributed by atoms with Crippen LogP contribution in [0.15, 0.2) is 96.1 Å². The minimum absolute atomic E-state index is 0.0670. The number of Topliss-reactive ketones (excluding diaryl/α,β-unsaturated/α-hetero) is 1. The lowest BCUT2D eigenvalue weighted by Crippen LogP contribution is -2.56. The Hall–Kier alpha value is -8.26. The lowest BCUT2D eigenvalue weighted by molar-refractivity contribution is -0.154. The maximum absolute atomic E-state index is 14.5. The maximum Gasteiger partial charge on any atom is 0.407 e. The van der Waals surface area contributed by atoms with Crippen LogP contribution in [0.2, 0.25) is 25.7 Å². The number of hydrogen-bond donors (Lipinski definition) is 4. The Morgan fingerprint density at radius 2 is 1.25 bits per heavy atom. The van der Waals surface area contributed by atoms with Gasteiger partial charge in [-0.2, -0.15) is 0 Å². The summed E-state index contributed by atoms with van der Waals surface area (Å²) >= 11 is 0. The zero-order valence-corrected chi connectivity index (χ0v) is 64.7. The third kappa shape index (κ3) is 30.9. The Balaban J connectivity index is 1.30. The number of carbonyl (C=O) groups is 10. The van der Waals surface area contributed by atoms with E-state index in [0.717, 1.165) is 38.8 Å². The quantitative estimate of drug-likeness (QED) is 0.00777. The van der Waals surface area contributed by atoms with Gasteiger partial charge >= 0.3 is 30.1 Å². The highest BCUT2D eigenvalue weighted by molar-refractivity contribution is 6.76. The van der Waals surface area contributed by atoms with Gasteiger partial charge in [0.1, 0.15) is 36.6 Å². The molecule has 0 bridgehead atoms. The van der Waals surface area contributed by atoms with Crippen LogP contribution in [0.3, 0.4) is 0 Å². The van der Waals surface area contributed by atoms with E-state index in [4.69, 9.17) is 37.9 Å². The topological polar surface area (TPSA) is 299 Å². The largest absolute Gasteiger partial charge is 0.456 e. The molecular formula is C78H116N6O18Si. The second-order valence-corrected chi connectivity index (χ2v) is 33.9. The van der Waals surface area contributed by atoms with Gasteiger partial charge in [-0.3, -0.25) is 28.8 Å². The molecule has 8 atom stereocenters. The summed E-state index contributed by atoms with van der Waals surface area (Å²) in [5.41, 5.74) is 5.88. The Kier molecular flexibility index (Phi) is 38.1. The van der Waals surface area contributed by atoms with Crippen molar-refractivity contribution in [3.8, 4) is 16.9 Å². The molecule has 4 rings (SSSR count). The molecule has 3 aromatic rings. The number of fused-ring (bicyclic) bond motifs is 3. The number of unbranched alkanes of at least 4 members (excludes halogenated alkanes) is 1. The van der Waals surface area contributed by atoms with Crippen molar-refractivity contribution >= 4 is 67.6 Å². The van der Waals surface area contributed by atoms with E-state index in [1.165, 1.54) is 39.8 Å². The van der Waals surface area contributed by atoms with Gasteiger partial charge in [0.2, 0.25) is 17.7 Å². The number of ether oxygens (including phenoxy) is 8. The van der Waals surface area contributed by atoms with Gasteiger partial charge in [-0.05, 0) is 149 Å². The fourth-order valence-corrected chi connectivity index (χ4v) is 12.1. The molecule has 0 spiro atoms. The summed E-state index contributed by atoms with van der Waals surface area (Å²) in [5, 5.41) is 10.8. The van der Waals surface area contributed by atoms with Crippen molar-refractivity contribution in [2.24, 2.45) is 17.8 Å². The van der Waals surface area contributed by atoms with E-state index < -0.39 is 105 Å². The molecule has 0 saturated carbocycles. The number of hydrogen-bond acceptors (Lipinski definition) is 18. The fraction of sp³-hybridized carbons (Fsp3) is 0.590. The van der Waals surface area contributed by atoms with Gasteiger partial charge < -0.3 is 69.0 Å². The molecule has 1 aliphatic carbocycles. The molecule has 25 heteroatoms. The van der Waals surface area contributed by atoms with E-state index in [2.05, 4.69) is 40.9 Å². The number of ketones is 1. The molecule has 1 aliphatic rings. The highest BCUT2D eigenvalue weighted by Gasteiger charge is 2.36. The van der Waals surface area contributed by atoms with Crippen molar-refractivity contribution in [2.45, 2.75) is 202 Å². The van der Waals surface area contributed by atoms with Crippen molar-refractivity contribution in [3.63, 3.8) is 0 Å². The molecule has 103 heavy (non-hydrogen) atoms. The average molecular weight is 1450 g/mol. The van der Waals surface area contributed by atoms with Crippen LogP contribution in [0.5, 0.6) is 5.75 Å². The molecule has 0 fully saturated rings. The van der Waals surface area contributed by atoms with Gasteiger partial charge in [0.05, 0.1) is 45.6 Å². The van der Waals surface area contributed by atoms with E-state index in [0.29, 0.717) is 96.9 Å². The number of nitrogens with one attached hydrogen (secondary N) is 4. The number of amides is 6. The number of nitrogens with zero attached hydrogens (tertiary/aromatic N) is 2. The average Bonchev–Trinajstić information content (AvgIpc) is 1.63. The first-order chi connectivity index (χ1) is 48.8. The molecule has 0 aromatic heterocycles. The number of carbonyl (C=O) groups excluding carboxylic acids is 10. The zero-order valence-electron chi connectivity index (χ0n) is 63.7. The smallest absolute Gasteiger partial charge is 0.407 e. The maximum atomic E-state index is 14.5. The molecule has 570 valence electrons. The van der Waals surface area contributed by atoms with Gasteiger partial charge in [0.25, 0.3) is 5.91 Å². The molecule has 0 saturated heterocycles. The summed E-state index contributed by atoms with van der Waals surface area (Å²) in [7, 11) is 1.56. The summed E-state index contributed by atoms with van der Waals surface area (Å²) in [5.74, 6) is -5.17. The van der Waals surface area contributed by atoms with Gasteiger partial charge in [-0.1, -0.05) is 133 Å². The third-order valence-electron chi connectivity index (χ3n) is 17.9. The van der Waals surface area contributed by atoms with E-state index in [1.807, 2.05) is 103 Å². The molecule has 1 unspecified atom stereocenters. The predicted octanol–water partition coefficient (Wildman–Crippen LogP) is 10.8. The van der Waals surface area contributed by atoms with Crippen LogP contribution in [-0.4, -0.2) is 194 Å². The molecule has 0 heterocycles. The number of rotatable bonds is 46. The number of likely N-dealkylation sites (N-methyl/N-ethyl adjacent to an activating group) is 2. The standard InChI is InChI=1S/C78H116N6O18Si/c1-17-52(5)70(58(11)85)82-68(86)49-83(12)74(90)66(48-59-34-36-60(37-35-59)100-69(87)33-23-24-39-95-41-43-97-44-42-96-40-26-38-79-77(93)98-45-46-103(14,15)16)84(13)73(89)56(9)80-72(88)67(47-51(3)4)101-75(91)55(8)28-25-27-54(7)71(53(6)18-2)102-76(92)57(10)81-78(94)99-50-65-63-31-21-19-29-61(63)62-30-20-22-32-64(62)65/h18-22,28-32,34-37,51-52,54,56-57,65-67,70-71H,17,23-27,33,38-50H2,1-16H3,(H,79,93)(H,80,88)(H,81,94)(H,82,86)/b53-18+,55-28+/t52?,54-,56-,57-,66+,67+,70-,71+/m0/s1. The first-order valence-electron chi connectivity index (χ1n) is 36.2. The lowest BCUT2D eigenvalue weighted by Gasteiger charge is -2.33. The third-order valence-corrected chi connectivity index (χ3v) is 19.6. The van der Waals surface area contributed by atoms with Crippen LogP contribution in [0.4, 0.5) is 9.59 Å². The van der Waals surface area contributed by atoms with Gasteiger partial charge in [-0.15, -0.1) is 0 Å². The zero-order chi connectivity index (χ0) is 76.3. The van der Waals surface area contributed by atoms with Gasteiger partial charge in [-0.25, -0.2) is 19.2 Å². The number of allylic oxidation sites excluding steroid dienone is 2. The second kappa shape index (κ2) is 45.1. The van der Waals surface area contributed by atoms with Crippen LogP contribution in [-0.2, 0) is 77.9 Å². The van der Waals surface area contributed by atoms with Crippen molar-refractivity contribution in [1.82, 2.24) is 31.1 Å². The Labute approximate surface area is 611 Å². The summed E-state index contributed by atoms with van der Waals surface area (Å²) < 4.78 is 45.1. The van der Waals surface area contributed by atoms with E-state index >= 15 is 0 Å². The SMILES string of the molecule is C/C=C(\C)[C@@H](OC(=O)[C@H](C)NC(=O)OCC1c2ccccc2-c2ccccc21)[C@@H](C)CC/C=C(\C)C(=O)O[C@H](CC(C)C)C(=O)N[C@@H](C)C(=O)N(C)[C@H](Cc1ccc(OC(=O)CCCCOCCOCCOCCCNC(=O)OCC[Si](C)(C)C)cc1)C(=O)N(C)CC(=O)N[C@H](C(C)=O)C(C)CC. The summed E-state index contributed by atoms with van der Waals surface area (Å²) in [6.45, 7) is 28.6. The molecule has 4 N–H and O–H groups in total. The lowest BCUT2D eigenvalue weighted by atomic mass is 9.93. The minimum Gasteiger partial charge on any atom is -0.456 e. The first kappa shape index (κ1) is 87.1. The highest BCUT2D eigenvalue weighted by Crippen LogP contribution is 2.44. The van der Waals surface area contributed by atoms with E-state index in [-0.39, 0.29) is 66.6 Å². The number of esters is 3. The number of benzene rings is 3. The second-order valence-electron chi connectivity index (χ2n) is 28.3. The fourth-order valence-electron chi connectivity index (χ4n) is 11.4. The Morgan fingerprint density at radius 1 is 0.650 bits per heavy atom. The highest BCUT2D eigenvalue weighted by atomic mass is 28.3. The molecule has 24 nitrogen and oxygen atoms in total. The summed E-state index contributed by atoms with van der Waals surface area (Å²) in [6, 6.07) is 19.1. The molecule has 6 amide bonds. The van der Waals surface area contributed by atoms with Crippen molar-refractivity contribution in [3.05, 3.63) is 113 Å². The van der Waals surface area contributed by atoms with E-state index in [9.17, 15) is 47.9 Å². The summed E-state index contributed by atoms with van der Waals surface area (Å²) in [6.07, 6.45) is 3.78. The molecular weight excluding hydrogens is 1340 g/mol. The first-order valence-corrected chi connectivity index (χ1v) is 39.9. The summed E-state index contributed by atoms with van der Waals surface area (Å²) in [4.78, 5) is 136. The monoisotopic (exact) mass is 1450 g/mol. The van der Waals surface area contributed by atoms with Crippen molar-refractivity contribution in [1.29, 1.82) is 0 Å². The van der Waals surface area contributed by atoms with Crippen LogP contribution in [0.25, 0.3) is 11.1 Å². The van der Waals surface area contributed by atoms with Crippen LogP contribution < -0.4 is 26.0 Å². The number of alkyl carbamates (subject to hydrolysis) is 2. The van der Waals surface area contributed by atoms with Crippen LogP contribution in [0.1, 0.15) is 150 Å². The van der Waals surface area contributed by atoms with Crippen LogP contribution >= 0.6 is 0 Å². The normalized spacial score (nSPS) is 14.6. The molecule has 0 aliphatic heterocycles. The van der Waals surface area contributed by atoms with Crippen LogP contribution in [0, 0.1) is 17.8 Å². The van der Waals surface area contributed by atoms with E-state index in [1.54, 1.807) is 37.3 Å². The predicted molar refractivity (Wildman–Crippen MR) is 397 cm³/mol. The molecule has 3 aromatic carbocycles. The van der Waals surface area contributed by atoms with Crippen molar-refractivity contribution in [2.75, 3.05) is 80.0 Å². The minimum atomic E-state index is -1.32.